The Morgan fingerprint density at radius 2 is 2.00 bits per heavy atom. The molecule has 0 aliphatic carbocycles. The number of hydrogen-bond donors (Lipinski definition) is 1. The monoisotopic (exact) mass is 326 g/mol. The van der Waals surface area contributed by atoms with Crippen molar-refractivity contribution < 1.29 is 9.90 Å². The molecular weight excluding hydrogens is 300 g/mol. The zero-order valence-corrected chi connectivity index (χ0v) is 14.5. The van der Waals surface area contributed by atoms with Crippen LogP contribution in [-0.4, -0.2) is 40.2 Å². The van der Waals surface area contributed by atoms with Crippen LogP contribution in [0.3, 0.4) is 0 Å². The van der Waals surface area contributed by atoms with Gasteiger partial charge in [0.05, 0.1) is 0 Å². The van der Waals surface area contributed by atoms with Crippen molar-refractivity contribution in [2.75, 3.05) is 19.7 Å². The highest BCUT2D eigenvalue weighted by Gasteiger charge is 2.33. The zero-order valence-electron chi connectivity index (χ0n) is 14.5. The largest absolute Gasteiger partial charge is 0.396 e. The highest BCUT2D eigenvalue weighted by atomic mass is 16.3. The van der Waals surface area contributed by atoms with Crippen LogP contribution in [0.15, 0.2) is 36.5 Å². The molecule has 3 rings (SSSR count). The molecular formula is C20H26N2O2. The van der Waals surface area contributed by atoms with Gasteiger partial charge in [-0.2, -0.15) is 0 Å². The minimum Gasteiger partial charge on any atom is -0.396 e. The zero-order chi connectivity index (χ0) is 17.2. The van der Waals surface area contributed by atoms with Gasteiger partial charge >= 0.3 is 0 Å². The maximum Gasteiger partial charge on any atom is 0.246 e. The maximum atomic E-state index is 12.5. The molecule has 0 saturated carbocycles. The number of carbonyl (C=O) groups excluding carboxylic acids is 1. The topological polar surface area (TPSA) is 45.5 Å². The van der Waals surface area contributed by atoms with E-state index in [1.807, 2.05) is 30.2 Å². The number of benzene rings is 1. The molecule has 0 unspecified atom stereocenters. The molecule has 0 radical (unpaired) electrons. The van der Waals surface area contributed by atoms with Gasteiger partial charge in [0.15, 0.2) is 0 Å². The van der Waals surface area contributed by atoms with Gasteiger partial charge in [0, 0.05) is 55.5 Å². The third kappa shape index (κ3) is 3.11. The number of aryl methyl sites for hydroxylation is 1. The molecule has 4 nitrogen and oxygen atoms in total. The third-order valence-electron chi connectivity index (χ3n) is 5.55. The van der Waals surface area contributed by atoms with Gasteiger partial charge in [-0.05, 0) is 36.8 Å². The summed E-state index contributed by atoms with van der Waals surface area (Å²) in [4.78, 5) is 14.4. The summed E-state index contributed by atoms with van der Waals surface area (Å²) < 4.78 is 2.08. The lowest BCUT2D eigenvalue weighted by Crippen LogP contribution is -2.43. The highest BCUT2D eigenvalue weighted by Crippen LogP contribution is 2.34. The van der Waals surface area contributed by atoms with Crippen LogP contribution in [-0.2, 0) is 11.8 Å². The van der Waals surface area contributed by atoms with Crippen LogP contribution < -0.4 is 0 Å². The van der Waals surface area contributed by atoms with Crippen LogP contribution >= 0.6 is 0 Å². The molecule has 1 aliphatic heterocycles. The van der Waals surface area contributed by atoms with Crippen molar-refractivity contribution in [1.82, 2.24) is 9.47 Å². The minimum absolute atomic E-state index is 0.0100. The smallest absolute Gasteiger partial charge is 0.246 e. The van der Waals surface area contributed by atoms with Gasteiger partial charge in [0.1, 0.15) is 0 Å². The number of para-hydroxylation sites is 1. The second-order valence-electron chi connectivity index (χ2n) is 6.88. The number of carbonyl (C=O) groups is 1. The Morgan fingerprint density at radius 1 is 1.29 bits per heavy atom. The Balaban J connectivity index is 1.70. The van der Waals surface area contributed by atoms with Crippen LogP contribution in [0.25, 0.3) is 17.0 Å². The fourth-order valence-electron chi connectivity index (χ4n) is 3.60. The maximum absolute atomic E-state index is 12.5. The summed E-state index contributed by atoms with van der Waals surface area (Å²) >= 11 is 0. The average molecular weight is 326 g/mol. The van der Waals surface area contributed by atoms with Gasteiger partial charge in [0.2, 0.25) is 5.91 Å². The highest BCUT2D eigenvalue weighted by molar-refractivity contribution is 5.96. The van der Waals surface area contributed by atoms with E-state index in [1.165, 1.54) is 5.52 Å². The Kier molecular flexibility index (Phi) is 4.76. The van der Waals surface area contributed by atoms with Gasteiger partial charge in [-0.3, -0.25) is 4.79 Å². The number of piperidine rings is 1. The van der Waals surface area contributed by atoms with Crippen LogP contribution in [0.1, 0.15) is 31.7 Å². The Morgan fingerprint density at radius 3 is 2.67 bits per heavy atom. The number of nitrogens with zero attached hydrogens (tertiary/aromatic N) is 2. The minimum atomic E-state index is 0.0100. The first-order chi connectivity index (χ1) is 11.6. The third-order valence-corrected chi connectivity index (χ3v) is 5.55. The summed E-state index contributed by atoms with van der Waals surface area (Å²) in [6.45, 7) is 3.80. The van der Waals surface area contributed by atoms with E-state index >= 15 is 0 Å². The molecule has 24 heavy (non-hydrogen) atoms. The van der Waals surface area contributed by atoms with Crippen molar-refractivity contribution in [2.24, 2.45) is 12.5 Å². The fraction of sp³-hybridized carbons (Fsp3) is 0.450. The molecule has 1 aromatic heterocycles. The standard InChI is InChI=1S/C20H26N2O2/c1-3-20(15-23)10-12-22(13-11-20)19(24)9-8-16-14-21(2)18-7-5-4-6-17(16)18/h4-9,14,23H,3,10-13,15H2,1-2H3/b9-8+. The van der Waals surface area contributed by atoms with Gasteiger partial charge < -0.3 is 14.6 Å². The van der Waals surface area contributed by atoms with E-state index < -0.39 is 0 Å². The predicted octanol–water partition coefficient (Wildman–Crippen LogP) is 3.20. The molecule has 0 bridgehead atoms. The van der Waals surface area contributed by atoms with Crippen molar-refractivity contribution in [3.63, 3.8) is 0 Å². The second-order valence-corrected chi connectivity index (χ2v) is 6.88. The van der Waals surface area contributed by atoms with Crippen molar-refractivity contribution >= 4 is 22.9 Å². The lowest BCUT2D eigenvalue weighted by atomic mass is 9.77. The summed E-state index contributed by atoms with van der Waals surface area (Å²) in [7, 11) is 2.02. The number of aromatic nitrogens is 1. The molecule has 128 valence electrons. The van der Waals surface area contributed by atoms with E-state index in [0.29, 0.717) is 0 Å². The van der Waals surface area contributed by atoms with E-state index in [9.17, 15) is 9.90 Å². The number of fused-ring (bicyclic) bond motifs is 1. The average Bonchev–Trinajstić information content (AvgIpc) is 2.96. The Bertz CT molecular complexity index is 746. The lowest BCUT2D eigenvalue weighted by molar-refractivity contribution is -0.128. The summed E-state index contributed by atoms with van der Waals surface area (Å²) in [5.74, 6) is 0.0607. The van der Waals surface area contributed by atoms with Crippen molar-refractivity contribution in [2.45, 2.75) is 26.2 Å². The fourth-order valence-corrected chi connectivity index (χ4v) is 3.60. The van der Waals surface area contributed by atoms with Crippen molar-refractivity contribution in [3.8, 4) is 0 Å². The summed E-state index contributed by atoms with van der Waals surface area (Å²) in [6.07, 6.45) is 8.38. The van der Waals surface area contributed by atoms with E-state index in [2.05, 4.69) is 29.8 Å². The first-order valence-electron chi connectivity index (χ1n) is 8.70. The number of aliphatic hydroxyl groups excluding tert-OH is 1. The van der Waals surface area contributed by atoms with Gasteiger partial charge in [-0.1, -0.05) is 25.1 Å². The molecule has 1 N–H and O–H groups in total. The number of amides is 1. The van der Waals surface area contributed by atoms with Gasteiger partial charge in [-0.25, -0.2) is 0 Å². The molecule has 2 aromatic rings. The number of likely N-dealkylation sites (tertiary alicyclic amines) is 1. The van der Waals surface area contributed by atoms with Gasteiger partial charge in [-0.15, -0.1) is 0 Å². The van der Waals surface area contributed by atoms with Crippen LogP contribution in [0.2, 0.25) is 0 Å². The quantitative estimate of drug-likeness (QED) is 0.877. The second kappa shape index (κ2) is 6.81. The number of hydrogen-bond acceptors (Lipinski definition) is 2. The molecule has 1 fully saturated rings. The molecule has 4 heteroatoms. The van der Waals surface area contributed by atoms with Crippen LogP contribution in [0, 0.1) is 5.41 Å². The summed E-state index contributed by atoms with van der Waals surface area (Å²) in [5, 5.41) is 10.8. The van der Waals surface area contributed by atoms with Crippen LogP contribution in [0.4, 0.5) is 0 Å². The Hall–Kier alpha value is -2.07. The number of aliphatic hydroxyl groups is 1. The van der Waals surface area contributed by atoms with Gasteiger partial charge in [0.25, 0.3) is 0 Å². The van der Waals surface area contributed by atoms with Crippen LogP contribution in [0.5, 0.6) is 0 Å². The van der Waals surface area contributed by atoms with E-state index in [-0.39, 0.29) is 17.9 Å². The summed E-state index contributed by atoms with van der Waals surface area (Å²) in [5.41, 5.74) is 2.24. The normalized spacial score (nSPS) is 17.7. The molecule has 1 saturated heterocycles. The lowest BCUT2D eigenvalue weighted by Gasteiger charge is -2.39. The van der Waals surface area contributed by atoms with Crippen molar-refractivity contribution in [1.29, 1.82) is 0 Å². The molecule has 0 spiro atoms. The molecule has 2 heterocycles. The molecule has 1 aromatic carbocycles. The first-order valence-corrected chi connectivity index (χ1v) is 8.70. The molecule has 1 amide bonds. The van der Waals surface area contributed by atoms with Crippen molar-refractivity contribution in [3.05, 3.63) is 42.1 Å². The van der Waals surface area contributed by atoms with E-state index in [0.717, 1.165) is 43.3 Å². The number of rotatable bonds is 4. The summed E-state index contributed by atoms with van der Waals surface area (Å²) in [6, 6.07) is 8.21. The predicted molar refractivity (Wildman–Crippen MR) is 97.6 cm³/mol. The first kappa shape index (κ1) is 16.8. The Labute approximate surface area is 143 Å². The van der Waals surface area contributed by atoms with E-state index in [4.69, 9.17) is 0 Å². The SMILES string of the molecule is CCC1(CO)CCN(C(=O)/C=C/c2cn(C)c3ccccc23)CC1. The van der Waals surface area contributed by atoms with E-state index in [1.54, 1.807) is 6.08 Å². The molecule has 1 aliphatic rings. The molecule has 0 atom stereocenters.